The zero-order valence-corrected chi connectivity index (χ0v) is 12.8. The van der Waals surface area contributed by atoms with Crippen molar-refractivity contribution in [1.29, 1.82) is 0 Å². The Balaban J connectivity index is 1.42. The number of carbonyl (C=O) groups is 1. The number of rotatable bonds is 4. The number of benzene rings is 1. The van der Waals surface area contributed by atoms with Gasteiger partial charge in [0, 0.05) is 13.1 Å². The summed E-state index contributed by atoms with van der Waals surface area (Å²) in [5, 5.41) is 3.04. The number of hydrogen-bond acceptors (Lipinski definition) is 2. The Morgan fingerprint density at radius 2 is 1.86 bits per heavy atom. The van der Waals surface area contributed by atoms with Crippen molar-refractivity contribution in [2.24, 2.45) is 11.8 Å². The first-order valence-corrected chi connectivity index (χ1v) is 8.34. The highest BCUT2D eigenvalue weighted by Gasteiger charge is 2.31. The number of likely N-dealkylation sites (tertiary alicyclic amines) is 1. The number of fused-ring (bicyclic) bond motifs is 1. The molecule has 21 heavy (non-hydrogen) atoms. The van der Waals surface area contributed by atoms with Crippen molar-refractivity contribution in [2.45, 2.75) is 38.6 Å². The van der Waals surface area contributed by atoms with E-state index in [0.29, 0.717) is 13.1 Å². The summed E-state index contributed by atoms with van der Waals surface area (Å²) in [7, 11) is 0. The molecule has 1 amide bonds. The number of nitrogens with one attached hydrogen (secondary N) is 1. The Kier molecular flexibility index (Phi) is 4.91. The fourth-order valence-electron chi connectivity index (χ4n) is 3.88. The third-order valence-electron chi connectivity index (χ3n) is 5.08. The van der Waals surface area contributed by atoms with Crippen LogP contribution in [0.5, 0.6) is 0 Å². The molecule has 1 saturated carbocycles. The minimum absolute atomic E-state index is 0.160. The molecular weight excluding hydrogens is 260 g/mol. The van der Waals surface area contributed by atoms with Crippen LogP contribution in [0.4, 0.5) is 0 Å². The summed E-state index contributed by atoms with van der Waals surface area (Å²) in [4.78, 5) is 14.4. The SMILES string of the molecule is O=C(CN1CC[C@@H]2CCCC[C@@H]2C1)NCc1ccccc1. The quantitative estimate of drug-likeness (QED) is 0.923. The van der Waals surface area contributed by atoms with E-state index in [4.69, 9.17) is 0 Å². The lowest BCUT2D eigenvalue weighted by Gasteiger charge is -2.41. The smallest absolute Gasteiger partial charge is 0.234 e. The van der Waals surface area contributed by atoms with Gasteiger partial charge in [-0.3, -0.25) is 9.69 Å². The zero-order valence-electron chi connectivity index (χ0n) is 12.8. The van der Waals surface area contributed by atoms with Gasteiger partial charge in [-0.05, 0) is 36.8 Å². The van der Waals surface area contributed by atoms with Gasteiger partial charge in [-0.1, -0.05) is 49.6 Å². The number of piperidine rings is 1. The first kappa shape index (κ1) is 14.6. The van der Waals surface area contributed by atoms with E-state index < -0.39 is 0 Å². The van der Waals surface area contributed by atoms with Gasteiger partial charge in [0.2, 0.25) is 5.91 Å². The van der Waals surface area contributed by atoms with Crippen LogP contribution in [0.25, 0.3) is 0 Å². The van der Waals surface area contributed by atoms with Gasteiger partial charge >= 0.3 is 0 Å². The van der Waals surface area contributed by atoms with E-state index in [1.165, 1.54) is 32.1 Å². The van der Waals surface area contributed by atoms with E-state index in [1.807, 2.05) is 30.3 Å². The number of hydrogen-bond donors (Lipinski definition) is 1. The monoisotopic (exact) mass is 286 g/mol. The minimum atomic E-state index is 0.160. The van der Waals surface area contributed by atoms with Crippen LogP contribution in [0.3, 0.4) is 0 Å². The van der Waals surface area contributed by atoms with Crippen LogP contribution >= 0.6 is 0 Å². The molecular formula is C18H26N2O. The highest BCUT2D eigenvalue weighted by atomic mass is 16.2. The molecule has 2 fully saturated rings. The van der Waals surface area contributed by atoms with E-state index in [1.54, 1.807) is 0 Å². The second-order valence-electron chi connectivity index (χ2n) is 6.59. The maximum Gasteiger partial charge on any atom is 0.234 e. The Hall–Kier alpha value is -1.35. The summed E-state index contributed by atoms with van der Waals surface area (Å²) >= 11 is 0. The van der Waals surface area contributed by atoms with E-state index in [-0.39, 0.29) is 5.91 Å². The van der Waals surface area contributed by atoms with Gasteiger partial charge in [0.25, 0.3) is 0 Å². The molecule has 0 aromatic heterocycles. The van der Waals surface area contributed by atoms with Gasteiger partial charge in [0.15, 0.2) is 0 Å². The Labute approximate surface area is 127 Å². The first-order chi connectivity index (χ1) is 10.3. The number of amides is 1. The van der Waals surface area contributed by atoms with E-state index in [0.717, 1.165) is 30.5 Å². The molecule has 1 heterocycles. The molecule has 1 N–H and O–H groups in total. The van der Waals surface area contributed by atoms with Crippen molar-refractivity contribution >= 4 is 5.91 Å². The highest BCUT2D eigenvalue weighted by molar-refractivity contribution is 5.78. The zero-order chi connectivity index (χ0) is 14.5. The molecule has 1 aromatic rings. The van der Waals surface area contributed by atoms with E-state index in [2.05, 4.69) is 10.2 Å². The molecule has 114 valence electrons. The van der Waals surface area contributed by atoms with Gasteiger partial charge in [-0.25, -0.2) is 0 Å². The lowest BCUT2D eigenvalue weighted by molar-refractivity contribution is -0.123. The summed E-state index contributed by atoms with van der Waals surface area (Å²) < 4.78 is 0. The van der Waals surface area contributed by atoms with Crippen LogP contribution in [0.1, 0.15) is 37.7 Å². The van der Waals surface area contributed by atoms with Crippen molar-refractivity contribution in [3.63, 3.8) is 0 Å². The molecule has 0 spiro atoms. The lowest BCUT2D eigenvalue weighted by Crippen LogP contribution is -2.46. The van der Waals surface area contributed by atoms with Crippen molar-refractivity contribution in [2.75, 3.05) is 19.6 Å². The van der Waals surface area contributed by atoms with Crippen LogP contribution in [-0.2, 0) is 11.3 Å². The maximum absolute atomic E-state index is 12.1. The largest absolute Gasteiger partial charge is 0.351 e. The average molecular weight is 286 g/mol. The molecule has 3 nitrogen and oxygen atoms in total. The van der Waals surface area contributed by atoms with Crippen LogP contribution in [0.15, 0.2) is 30.3 Å². The van der Waals surface area contributed by atoms with Gasteiger partial charge in [0.1, 0.15) is 0 Å². The topological polar surface area (TPSA) is 32.3 Å². The normalized spacial score (nSPS) is 26.1. The highest BCUT2D eigenvalue weighted by Crippen LogP contribution is 2.35. The van der Waals surface area contributed by atoms with Crippen molar-refractivity contribution < 1.29 is 4.79 Å². The van der Waals surface area contributed by atoms with Gasteiger partial charge < -0.3 is 5.32 Å². The first-order valence-electron chi connectivity index (χ1n) is 8.34. The van der Waals surface area contributed by atoms with Gasteiger partial charge in [-0.15, -0.1) is 0 Å². The third kappa shape index (κ3) is 4.07. The molecule has 0 unspecified atom stereocenters. The molecule has 2 aliphatic rings. The average Bonchev–Trinajstić information content (AvgIpc) is 2.54. The minimum Gasteiger partial charge on any atom is -0.351 e. The van der Waals surface area contributed by atoms with Gasteiger partial charge in [-0.2, -0.15) is 0 Å². The Bertz CT molecular complexity index is 460. The van der Waals surface area contributed by atoms with Crippen LogP contribution in [0, 0.1) is 11.8 Å². The molecule has 3 heteroatoms. The third-order valence-corrected chi connectivity index (χ3v) is 5.08. The molecule has 0 bridgehead atoms. The Morgan fingerprint density at radius 1 is 1.10 bits per heavy atom. The second kappa shape index (κ2) is 7.08. The summed E-state index contributed by atoms with van der Waals surface area (Å²) in [6.45, 7) is 3.43. The molecule has 3 rings (SSSR count). The lowest BCUT2D eigenvalue weighted by atomic mass is 9.75. The molecule has 2 atom stereocenters. The summed E-state index contributed by atoms with van der Waals surface area (Å²) in [6.07, 6.45) is 6.87. The fourth-order valence-corrected chi connectivity index (χ4v) is 3.88. The fraction of sp³-hybridized carbons (Fsp3) is 0.611. The molecule has 1 aliphatic carbocycles. The summed E-state index contributed by atoms with van der Waals surface area (Å²) in [5.74, 6) is 1.94. The summed E-state index contributed by atoms with van der Waals surface area (Å²) in [6, 6.07) is 10.1. The number of carbonyl (C=O) groups excluding carboxylic acids is 1. The van der Waals surface area contributed by atoms with Crippen molar-refractivity contribution in [1.82, 2.24) is 10.2 Å². The van der Waals surface area contributed by atoms with Crippen molar-refractivity contribution in [3.05, 3.63) is 35.9 Å². The molecule has 1 aromatic carbocycles. The van der Waals surface area contributed by atoms with Crippen LogP contribution in [0.2, 0.25) is 0 Å². The van der Waals surface area contributed by atoms with E-state index in [9.17, 15) is 4.79 Å². The standard InChI is InChI=1S/C18H26N2O/c21-18(19-12-15-6-2-1-3-7-15)14-20-11-10-16-8-4-5-9-17(16)13-20/h1-3,6-7,16-17H,4-5,8-14H2,(H,19,21)/t16-,17+/m0/s1. The van der Waals surface area contributed by atoms with Crippen molar-refractivity contribution in [3.8, 4) is 0 Å². The Morgan fingerprint density at radius 3 is 2.67 bits per heavy atom. The number of nitrogens with zero attached hydrogens (tertiary/aromatic N) is 1. The summed E-state index contributed by atoms with van der Waals surface area (Å²) in [5.41, 5.74) is 1.16. The maximum atomic E-state index is 12.1. The predicted molar refractivity (Wildman–Crippen MR) is 84.8 cm³/mol. The van der Waals surface area contributed by atoms with E-state index >= 15 is 0 Å². The van der Waals surface area contributed by atoms with Gasteiger partial charge in [0.05, 0.1) is 6.54 Å². The molecule has 1 aliphatic heterocycles. The van der Waals surface area contributed by atoms with Crippen LogP contribution < -0.4 is 5.32 Å². The molecule has 1 saturated heterocycles. The predicted octanol–water partition coefficient (Wildman–Crippen LogP) is 2.81. The second-order valence-corrected chi connectivity index (χ2v) is 6.59. The molecule has 0 radical (unpaired) electrons. The van der Waals surface area contributed by atoms with Crippen LogP contribution in [-0.4, -0.2) is 30.4 Å².